The second kappa shape index (κ2) is 5.41. The van der Waals surface area contributed by atoms with Crippen LogP contribution < -0.4 is 0 Å². The van der Waals surface area contributed by atoms with Crippen LogP contribution >= 0.6 is 0 Å². The van der Waals surface area contributed by atoms with Crippen LogP contribution in [0.2, 0.25) is 0 Å². The zero-order valence-electron chi connectivity index (χ0n) is 11.8. The molecule has 0 saturated carbocycles. The van der Waals surface area contributed by atoms with E-state index in [9.17, 15) is 9.90 Å². The molecule has 3 aromatic rings. The third-order valence-electron chi connectivity index (χ3n) is 3.74. The molecule has 21 heavy (non-hydrogen) atoms. The lowest BCUT2D eigenvalue weighted by Crippen LogP contribution is -2.00. The van der Waals surface area contributed by atoms with Crippen LogP contribution in [0.25, 0.3) is 10.8 Å². The quantitative estimate of drug-likeness (QED) is 0.768. The fraction of sp³-hybridized carbons (Fsp3) is 0.105. The van der Waals surface area contributed by atoms with E-state index in [1.165, 1.54) is 11.1 Å². The molecule has 0 amide bonds. The van der Waals surface area contributed by atoms with Crippen LogP contribution in [0.3, 0.4) is 0 Å². The summed E-state index contributed by atoms with van der Waals surface area (Å²) in [5, 5.41) is 11.2. The Labute approximate surface area is 123 Å². The summed E-state index contributed by atoms with van der Waals surface area (Å²) in [6.07, 6.45) is 0.738. The van der Waals surface area contributed by atoms with Gasteiger partial charge in [-0.3, -0.25) is 0 Å². The van der Waals surface area contributed by atoms with Crippen molar-refractivity contribution in [2.24, 2.45) is 0 Å². The number of rotatable bonds is 3. The van der Waals surface area contributed by atoms with Gasteiger partial charge in [-0.2, -0.15) is 0 Å². The van der Waals surface area contributed by atoms with Gasteiger partial charge in [-0.25, -0.2) is 4.79 Å². The maximum Gasteiger partial charge on any atom is 0.336 e. The minimum atomic E-state index is -0.878. The van der Waals surface area contributed by atoms with Gasteiger partial charge in [-0.05, 0) is 41.3 Å². The van der Waals surface area contributed by atoms with E-state index in [2.05, 4.69) is 31.2 Å². The van der Waals surface area contributed by atoms with E-state index < -0.39 is 5.97 Å². The number of aromatic carboxylic acids is 1. The monoisotopic (exact) mass is 276 g/mol. The SMILES string of the molecule is Cc1ccc(Cc2cccc3cccc(C(=O)O)c23)cc1. The minimum absolute atomic E-state index is 0.371. The lowest BCUT2D eigenvalue weighted by Gasteiger charge is -2.10. The molecule has 104 valence electrons. The van der Waals surface area contributed by atoms with Crippen LogP contribution in [0.1, 0.15) is 27.0 Å². The topological polar surface area (TPSA) is 37.3 Å². The van der Waals surface area contributed by atoms with Crippen LogP contribution in [0.15, 0.2) is 60.7 Å². The number of carboxylic acids is 1. The number of hydrogen-bond donors (Lipinski definition) is 1. The highest BCUT2D eigenvalue weighted by Crippen LogP contribution is 2.25. The van der Waals surface area contributed by atoms with Gasteiger partial charge in [0.2, 0.25) is 0 Å². The Hall–Kier alpha value is -2.61. The molecule has 0 aliphatic heterocycles. The molecule has 0 aliphatic carbocycles. The lowest BCUT2D eigenvalue weighted by molar-refractivity contribution is 0.0699. The summed E-state index contributed by atoms with van der Waals surface area (Å²) >= 11 is 0. The van der Waals surface area contributed by atoms with Gasteiger partial charge in [0.1, 0.15) is 0 Å². The van der Waals surface area contributed by atoms with E-state index >= 15 is 0 Å². The van der Waals surface area contributed by atoms with E-state index in [-0.39, 0.29) is 0 Å². The molecule has 0 heterocycles. The maximum absolute atomic E-state index is 11.5. The number of carboxylic acid groups (broad SMARTS) is 1. The first-order valence-corrected chi connectivity index (χ1v) is 6.94. The molecule has 0 aromatic heterocycles. The van der Waals surface area contributed by atoms with Crippen molar-refractivity contribution in [2.75, 3.05) is 0 Å². The van der Waals surface area contributed by atoms with Crippen molar-refractivity contribution < 1.29 is 9.90 Å². The highest BCUT2D eigenvalue weighted by atomic mass is 16.4. The highest BCUT2D eigenvalue weighted by Gasteiger charge is 2.11. The third-order valence-corrected chi connectivity index (χ3v) is 3.74. The van der Waals surface area contributed by atoms with Gasteiger partial charge >= 0.3 is 5.97 Å². The number of aryl methyl sites for hydroxylation is 1. The van der Waals surface area contributed by atoms with Gasteiger partial charge in [0.15, 0.2) is 0 Å². The summed E-state index contributed by atoms with van der Waals surface area (Å²) in [5.74, 6) is -0.878. The molecular formula is C19H16O2. The van der Waals surface area contributed by atoms with Gasteiger partial charge in [0.05, 0.1) is 5.56 Å². The van der Waals surface area contributed by atoms with E-state index in [0.29, 0.717) is 5.56 Å². The first-order chi connectivity index (χ1) is 10.1. The van der Waals surface area contributed by atoms with Crippen molar-refractivity contribution in [3.8, 4) is 0 Å². The Morgan fingerprint density at radius 1 is 0.952 bits per heavy atom. The van der Waals surface area contributed by atoms with Crippen molar-refractivity contribution in [3.05, 3.63) is 82.9 Å². The smallest absolute Gasteiger partial charge is 0.336 e. The minimum Gasteiger partial charge on any atom is -0.478 e. The first kappa shape index (κ1) is 13.4. The van der Waals surface area contributed by atoms with Gasteiger partial charge in [0, 0.05) is 0 Å². The molecule has 0 fully saturated rings. The van der Waals surface area contributed by atoms with Crippen LogP contribution in [0, 0.1) is 6.92 Å². The molecule has 0 atom stereocenters. The fourth-order valence-electron chi connectivity index (χ4n) is 2.67. The van der Waals surface area contributed by atoms with Crippen molar-refractivity contribution in [2.45, 2.75) is 13.3 Å². The summed E-state index contributed by atoms with van der Waals surface area (Å²) in [6.45, 7) is 2.06. The van der Waals surface area contributed by atoms with Crippen LogP contribution in [0.5, 0.6) is 0 Å². The van der Waals surface area contributed by atoms with Gasteiger partial charge in [-0.15, -0.1) is 0 Å². The average Bonchev–Trinajstić information content (AvgIpc) is 2.49. The summed E-state index contributed by atoms with van der Waals surface area (Å²) in [7, 11) is 0. The maximum atomic E-state index is 11.5. The molecule has 0 bridgehead atoms. The van der Waals surface area contributed by atoms with E-state index in [4.69, 9.17) is 0 Å². The van der Waals surface area contributed by atoms with Crippen molar-refractivity contribution in [1.82, 2.24) is 0 Å². The third kappa shape index (κ3) is 2.65. The molecule has 1 N–H and O–H groups in total. The zero-order chi connectivity index (χ0) is 14.8. The lowest BCUT2D eigenvalue weighted by atomic mass is 9.94. The number of fused-ring (bicyclic) bond motifs is 1. The van der Waals surface area contributed by atoms with Gasteiger partial charge in [0.25, 0.3) is 0 Å². The van der Waals surface area contributed by atoms with E-state index in [1.807, 2.05) is 24.3 Å². The highest BCUT2D eigenvalue weighted by molar-refractivity contribution is 6.05. The standard InChI is InChI=1S/C19H16O2/c1-13-8-10-14(11-9-13)12-16-6-2-4-15-5-3-7-17(18(15)16)19(20)21/h2-11H,12H2,1H3,(H,20,21). The summed E-state index contributed by atoms with van der Waals surface area (Å²) in [6, 6.07) is 19.7. The first-order valence-electron chi connectivity index (χ1n) is 6.94. The molecule has 3 aromatic carbocycles. The fourth-order valence-corrected chi connectivity index (χ4v) is 2.67. The normalized spacial score (nSPS) is 10.7. The molecule has 2 nitrogen and oxygen atoms in total. The van der Waals surface area contributed by atoms with Crippen molar-refractivity contribution in [3.63, 3.8) is 0 Å². The number of hydrogen-bond acceptors (Lipinski definition) is 1. The van der Waals surface area contributed by atoms with Crippen LogP contribution in [0.4, 0.5) is 0 Å². The molecule has 2 heteroatoms. The largest absolute Gasteiger partial charge is 0.478 e. The Morgan fingerprint density at radius 2 is 1.62 bits per heavy atom. The molecule has 0 aliphatic rings. The Balaban J connectivity index is 2.13. The van der Waals surface area contributed by atoms with Crippen molar-refractivity contribution in [1.29, 1.82) is 0 Å². The molecule has 0 unspecified atom stereocenters. The van der Waals surface area contributed by atoms with Gasteiger partial charge < -0.3 is 5.11 Å². The Morgan fingerprint density at radius 3 is 2.29 bits per heavy atom. The molecule has 0 saturated heterocycles. The summed E-state index contributed by atoms with van der Waals surface area (Å²) in [5.41, 5.74) is 3.83. The molecular weight excluding hydrogens is 260 g/mol. The molecule has 0 spiro atoms. The van der Waals surface area contributed by atoms with E-state index in [0.717, 1.165) is 22.8 Å². The zero-order valence-corrected chi connectivity index (χ0v) is 11.8. The Kier molecular flexibility index (Phi) is 3.44. The second-order valence-corrected chi connectivity index (χ2v) is 5.29. The number of benzene rings is 3. The molecule has 0 radical (unpaired) electrons. The van der Waals surface area contributed by atoms with Crippen molar-refractivity contribution >= 4 is 16.7 Å². The second-order valence-electron chi connectivity index (χ2n) is 5.29. The van der Waals surface area contributed by atoms with Crippen LogP contribution in [-0.4, -0.2) is 11.1 Å². The summed E-state index contributed by atoms with van der Waals surface area (Å²) in [4.78, 5) is 11.5. The Bertz CT molecular complexity index is 796. The molecule has 3 rings (SSSR count). The van der Waals surface area contributed by atoms with Gasteiger partial charge in [-0.1, -0.05) is 60.2 Å². The number of carbonyl (C=O) groups is 1. The van der Waals surface area contributed by atoms with E-state index in [1.54, 1.807) is 12.1 Å². The predicted octanol–water partition coefficient (Wildman–Crippen LogP) is 4.44. The predicted molar refractivity (Wildman–Crippen MR) is 84.9 cm³/mol. The average molecular weight is 276 g/mol. The van der Waals surface area contributed by atoms with Crippen LogP contribution in [-0.2, 0) is 6.42 Å². The summed E-state index contributed by atoms with van der Waals surface area (Å²) < 4.78 is 0.